The first-order valence-corrected chi connectivity index (χ1v) is 14.0. The first kappa shape index (κ1) is 21.5. The second-order valence-corrected chi connectivity index (χ2v) is 15.6. The van der Waals surface area contributed by atoms with E-state index < -0.39 is 0 Å². The van der Waals surface area contributed by atoms with Gasteiger partial charge in [-0.05, 0) is 133 Å². The van der Waals surface area contributed by atoms with E-state index in [4.69, 9.17) is 0 Å². The van der Waals surface area contributed by atoms with E-state index in [1.54, 1.807) is 0 Å². The molecule has 0 spiro atoms. The lowest BCUT2D eigenvalue weighted by Gasteiger charge is -2.74. The third-order valence-corrected chi connectivity index (χ3v) is 14.7. The summed E-state index contributed by atoms with van der Waals surface area (Å²) >= 11 is 0. The molecule has 0 amide bonds. The monoisotopic (exact) mass is 426 g/mol. The maximum atomic E-state index is 10.8. The molecule has 6 aliphatic carbocycles. The molecule has 0 aromatic heterocycles. The normalized spacial score (nSPS) is 67.4. The van der Waals surface area contributed by atoms with Crippen molar-refractivity contribution in [1.82, 2.24) is 0 Å². The third-order valence-electron chi connectivity index (χ3n) is 14.7. The van der Waals surface area contributed by atoms with Crippen molar-refractivity contribution in [2.24, 2.45) is 62.1 Å². The Kier molecular flexibility index (Phi) is 4.13. The molecule has 6 fully saturated rings. The molecule has 0 radical (unpaired) electrons. The molecule has 1 N–H and O–H groups in total. The number of aliphatic hydroxyl groups excluding tert-OH is 1. The summed E-state index contributed by atoms with van der Waals surface area (Å²) in [6.07, 6.45) is 15.4. The van der Waals surface area contributed by atoms with Crippen LogP contribution in [0.1, 0.15) is 119 Å². The van der Waals surface area contributed by atoms with E-state index in [-0.39, 0.29) is 6.10 Å². The largest absolute Gasteiger partial charge is 0.393 e. The van der Waals surface area contributed by atoms with Crippen LogP contribution in [0.15, 0.2) is 0 Å². The first-order valence-electron chi connectivity index (χ1n) is 14.0. The van der Waals surface area contributed by atoms with E-state index in [1.807, 2.05) is 0 Å². The van der Waals surface area contributed by atoms with Gasteiger partial charge in [0.1, 0.15) is 0 Å². The van der Waals surface area contributed by atoms with Crippen LogP contribution in [-0.4, -0.2) is 11.2 Å². The van der Waals surface area contributed by atoms with Crippen LogP contribution in [0.2, 0.25) is 0 Å². The zero-order valence-corrected chi connectivity index (χ0v) is 21.7. The van der Waals surface area contributed by atoms with Crippen LogP contribution < -0.4 is 0 Å². The van der Waals surface area contributed by atoms with Gasteiger partial charge in [0.05, 0.1) is 6.10 Å². The number of hydrogen-bond donors (Lipinski definition) is 1. The highest BCUT2D eigenvalue weighted by Gasteiger charge is 2.73. The molecule has 0 aromatic rings. The molecule has 31 heavy (non-hydrogen) atoms. The standard InChI is InChI=1S/C30H50O/c1-19-21(31)8-9-22-27(19,4)11-10-23-28(22,5)13-15-30(7)24-18-26(3)17-20(26)16-25(24,2)12-14-29(23,30)6/h19-24,31H,8-18H2,1-7H3. The van der Waals surface area contributed by atoms with Crippen LogP contribution in [0, 0.1) is 62.1 Å². The van der Waals surface area contributed by atoms with Gasteiger partial charge in [0.25, 0.3) is 0 Å². The van der Waals surface area contributed by atoms with Gasteiger partial charge in [0, 0.05) is 0 Å². The highest BCUT2D eigenvalue weighted by Crippen LogP contribution is 2.81. The topological polar surface area (TPSA) is 20.2 Å². The lowest BCUT2D eigenvalue weighted by Crippen LogP contribution is -2.67. The number of hydrogen-bond acceptors (Lipinski definition) is 1. The summed E-state index contributed by atoms with van der Waals surface area (Å²) in [5, 5.41) is 10.8. The average Bonchev–Trinajstić information content (AvgIpc) is 3.35. The third kappa shape index (κ3) is 2.39. The van der Waals surface area contributed by atoms with Crippen LogP contribution in [0.4, 0.5) is 0 Å². The Balaban J connectivity index is 1.39. The van der Waals surface area contributed by atoms with E-state index in [9.17, 15) is 5.11 Å². The second kappa shape index (κ2) is 5.95. The van der Waals surface area contributed by atoms with E-state index in [2.05, 4.69) is 48.5 Å². The maximum Gasteiger partial charge on any atom is 0.0571 e. The van der Waals surface area contributed by atoms with E-state index in [0.29, 0.717) is 38.4 Å². The fourth-order valence-corrected chi connectivity index (χ4v) is 12.1. The van der Waals surface area contributed by atoms with Crippen molar-refractivity contribution in [3.8, 4) is 0 Å². The van der Waals surface area contributed by atoms with Crippen molar-refractivity contribution in [3.63, 3.8) is 0 Å². The van der Waals surface area contributed by atoms with E-state index >= 15 is 0 Å². The summed E-state index contributed by atoms with van der Waals surface area (Å²) in [7, 11) is 0. The van der Waals surface area contributed by atoms with Gasteiger partial charge in [-0.15, -0.1) is 0 Å². The van der Waals surface area contributed by atoms with E-state index in [1.165, 1.54) is 64.2 Å². The molecule has 0 saturated heterocycles. The van der Waals surface area contributed by atoms with Crippen molar-refractivity contribution in [3.05, 3.63) is 0 Å². The molecule has 0 aliphatic heterocycles. The minimum atomic E-state index is -0.0734. The molecule has 6 aliphatic rings. The van der Waals surface area contributed by atoms with Crippen molar-refractivity contribution < 1.29 is 5.11 Å². The Hall–Kier alpha value is -0.0400. The maximum absolute atomic E-state index is 10.8. The first-order chi connectivity index (χ1) is 14.3. The van der Waals surface area contributed by atoms with Gasteiger partial charge in [-0.3, -0.25) is 0 Å². The van der Waals surface area contributed by atoms with Crippen LogP contribution in [-0.2, 0) is 0 Å². The van der Waals surface area contributed by atoms with Crippen LogP contribution in [0.3, 0.4) is 0 Å². The molecule has 6 rings (SSSR count). The fraction of sp³-hybridized carbons (Fsp3) is 1.00. The van der Waals surface area contributed by atoms with Crippen molar-refractivity contribution in [2.75, 3.05) is 0 Å². The summed E-state index contributed by atoms with van der Waals surface area (Å²) in [6.45, 7) is 18.5. The zero-order valence-electron chi connectivity index (χ0n) is 21.7. The highest BCUT2D eigenvalue weighted by atomic mass is 16.3. The fourth-order valence-electron chi connectivity index (χ4n) is 12.1. The molecule has 0 bridgehead atoms. The van der Waals surface area contributed by atoms with Gasteiger partial charge in [0.15, 0.2) is 0 Å². The molecular weight excluding hydrogens is 376 g/mol. The zero-order chi connectivity index (χ0) is 22.2. The molecular formula is C30H50O. The van der Waals surface area contributed by atoms with Gasteiger partial charge in [0.2, 0.25) is 0 Å². The van der Waals surface area contributed by atoms with Gasteiger partial charge >= 0.3 is 0 Å². The predicted octanol–water partition coefficient (Wildman–Crippen LogP) is 7.86. The van der Waals surface area contributed by atoms with Gasteiger partial charge in [-0.25, -0.2) is 0 Å². The SMILES string of the molecule is CC1C(O)CCC2C1(C)CCC1C2(C)CCC2(C)C3CC4(C)CC4CC3(C)CCC12C. The molecule has 1 heteroatoms. The van der Waals surface area contributed by atoms with Gasteiger partial charge < -0.3 is 5.11 Å². The molecule has 12 unspecified atom stereocenters. The summed E-state index contributed by atoms with van der Waals surface area (Å²) in [5.41, 5.74) is 3.14. The van der Waals surface area contributed by atoms with Crippen molar-refractivity contribution in [1.29, 1.82) is 0 Å². The molecule has 6 saturated carbocycles. The van der Waals surface area contributed by atoms with Crippen molar-refractivity contribution >= 4 is 0 Å². The molecule has 176 valence electrons. The Morgan fingerprint density at radius 1 is 0.581 bits per heavy atom. The number of aliphatic hydroxyl groups is 1. The van der Waals surface area contributed by atoms with Crippen LogP contribution in [0.25, 0.3) is 0 Å². The van der Waals surface area contributed by atoms with Crippen LogP contribution in [0.5, 0.6) is 0 Å². The second-order valence-electron chi connectivity index (χ2n) is 15.6. The Morgan fingerprint density at radius 3 is 1.97 bits per heavy atom. The minimum absolute atomic E-state index is 0.0734. The van der Waals surface area contributed by atoms with E-state index in [0.717, 1.165) is 30.1 Å². The van der Waals surface area contributed by atoms with Gasteiger partial charge in [-0.2, -0.15) is 0 Å². The summed E-state index contributed by atoms with van der Waals surface area (Å²) in [5.74, 6) is 4.13. The summed E-state index contributed by atoms with van der Waals surface area (Å²) in [4.78, 5) is 0. The highest BCUT2D eigenvalue weighted by molar-refractivity contribution is 5.22. The summed E-state index contributed by atoms with van der Waals surface area (Å²) < 4.78 is 0. The molecule has 0 aromatic carbocycles. The van der Waals surface area contributed by atoms with Crippen molar-refractivity contribution in [2.45, 2.75) is 125 Å². The minimum Gasteiger partial charge on any atom is -0.393 e. The predicted molar refractivity (Wildman–Crippen MR) is 129 cm³/mol. The Morgan fingerprint density at radius 2 is 1.23 bits per heavy atom. The lowest BCUT2D eigenvalue weighted by molar-refractivity contribution is -0.260. The average molecular weight is 427 g/mol. The van der Waals surface area contributed by atoms with Crippen LogP contribution >= 0.6 is 0 Å². The summed E-state index contributed by atoms with van der Waals surface area (Å²) in [6, 6.07) is 0. The Labute approximate surface area is 192 Å². The number of fused-ring (bicyclic) bond motifs is 8. The molecule has 1 nitrogen and oxygen atoms in total. The molecule has 0 heterocycles. The lowest BCUT2D eigenvalue weighted by atomic mass is 9.30. The quantitative estimate of drug-likeness (QED) is 0.418. The molecule has 12 atom stereocenters. The number of rotatable bonds is 0. The Bertz CT molecular complexity index is 789. The van der Waals surface area contributed by atoms with Gasteiger partial charge in [-0.1, -0.05) is 48.5 Å². The smallest absolute Gasteiger partial charge is 0.0571 e.